The molecule has 0 spiro atoms. The van der Waals surface area contributed by atoms with Crippen LogP contribution in [0.4, 0.5) is 0 Å². The Bertz CT molecular complexity index is 7140. The van der Waals surface area contributed by atoms with Gasteiger partial charge in [0, 0.05) is 55.3 Å². The first-order valence-electron chi connectivity index (χ1n) is 41.1. The van der Waals surface area contributed by atoms with Crippen molar-refractivity contribution in [1.29, 1.82) is 0 Å². The third-order valence-electron chi connectivity index (χ3n) is 24.9. The predicted octanol–water partition coefficient (Wildman–Crippen LogP) is 27.2. The fourth-order valence-electron chi connectivity index (χ4n) is 19.4. The molecule has 0 unspecified atom stereocenters. The van der Waals surface area contributed by atoms with Crippen molar-refractivity contribution in [2.24, 2.45) is 0 Å². The maximum Gasteiger partial charge on any atom is 0.164 e. The Hall–Kier alpha value is -15.4. The van der Waals surface area contributed by atoms with E-state index in [-0.39, 0.29) is 5.41 Å². The Labute approximate surface area is 697 Å². The van der Waals surface area contributed by atoms with Crippen LogP contribution in [0.1, 0.15) is 69.5 Å². The summed E-state index contributed by atoms with van der Waals surface area (Å²) in [7, 11) is 0. The van der Waals surface area contributed by atoms with Gasteiger partial charge in [-0.1, -0.05) is 396 Å². The number of rotatable bonds is 13. The summed E-state index contributed by atoms with van der Waals surface area (Å²) in [5, 5.41) is 2.26. The molecule has 17 aromatic carbocycles. The summed E-state index contributed by atoms with van der Waals surface area (Å²) in [6.07, 6.45) is 0. The number of hydrogen-bond acceptors (Lipinski definition) is 6. The molecule has 564 valence electrons. The Morgan fingerprint density at radius 2 is 0.525 bits per heavy atom. The van der Waals surface area contributed by atoms with Crippen LogP contribution >= 0.6 is 0 Å². The van der Waals surface area contributed by atoms with Gasteiger partial charge in [0.2, 0.25) is 0 Å². The van der Waals surface area contributed by atoms with Crippen LogP contribution in [-0.2, 0) is 16.2 Å². The summed E-state index contributed by atoms with van der Waals surface area (Å²) in [4.78, 5) is 30.3. The second-order valence-corrected chi connectivity index (χ2v) is 31.9. The number of fused-ring (bicyclic) bond motifs is 12. The largest absolute Gasteiger partial charge is 0.309 e. The maximum absolute atomic E-state index is 5.15. The standard InChI is InChI=1S/C64H42N4.C49H35N3/c1-5-19-43(20-6-1)46-25-17-26-47(39-46)48-27-18-30-52(40-48)68-59-38-35-49(63-66-61(44-21-7-2-8-22-44)65-62(67-63)45-23-9-3-10-24-45)41-56(59)55-37-36-51(42-60(55)68)64(50-28-11-4-12-29-50)57-33-15-13-31-53(57)54-32-14-16-34-58(54)64;1-48(2)41-29-26-34(47-51-45(32-16-6-3-7-17-32)50-46(52-47)33-18-8-4-9-19-33)30-40(41)39-28-27-36(31-44(39)48)49(35-20-10-5-11-21-35)42-24-14-12-22-37(42)38-23-13-15-25-43(38)49/h1-42H;3-31H,1-2H3. The normalized spacial score (nSPS) is 13.3. The summed E-state index contributed by atoms with van der Waals surface area (Å²) in [5.41, 5.74) is 33.0. The third-order valence-corrected chi connectivity index (χ3v) is 24.9. The van der Waals surface area contributed by atoms with Crippen molar-refractivity contribution in [2.75, 3.05) is 0 Å². The van der Waals surface area contributed by atoms with Gasteiger partial charge in [0.15, 0.2) is 34.9 Å². The minimum absolute atomic E-state index is 0.210. The van der Waals surface area contributed by atoms with Crippen molar-refractivity contribution < 1.29 is 0 Å². The van der Waals surface area contributed by atoms with Gasteiger partial charge in [-0.25, -0.2) is 29.9 Å². The SMILES string of the molecule is CC1(C)c2ccc(-c3nc(-c4ccccc4)nc(-c4ccccc4)n3)cc2-c2ccc(C3(c4ccccc4)c4ccccc4-c4ccccc43)cc21.c1ccc(-c2cccc(-c3cccc(-n4c5ccc(-c6nc(-c7ccccc7)nc(-c7ccccc7)n6)cc5c5ccc(C6(c7ccccc7)c7ccccc7-c7ccccc76)cc54)c3)c2)cc1. The lowest BCUT2D eigenvalue weighted by molar-refractivity contribution is 0.655. The molecule has 7 nitrogen and oxygen atoms in total. The van der Waals surface area contributed by atoms with Gasteiger partial charge in [-0.05, 0) is 160 Å². The molecule has 0 saturated carbocycles. The lowest BCUT2D eigenvalue weighted by Crippen LogP contribution is -2.29. The zero-order valence-corrected chi connectivity index (χ0v) is 66.1. The van der Waals surface area contributed by atoms with E-state index in [0.717, 1.165) is 72.0 Å². The van der Waals surface area contributed by atoms with E-state index in [9.17, 15) is 0 Å². The van der Waals surface area contributed by atoms with E-state index < -0.39 is 10.8 Å². The molecule has 20 aromatic rings. The van der Waals surface area contributed by atoms with E-state index in [1.165, 1.54) is 100 Å². The molecular weight excluding hydrogens is 1460 g/mol. The molecular formula is C113H77N7. The molecule has 3 heterocycles. The van der Waals surface area contributed by atoms with Gasteiger partial charge in [-0.15, -0.1) is 0 Å². The van der Waals surface area contributed by atoms with Gasteiger partial charge >= 0.3 is 0 Å². The first-order valence-corrected chi connectivity index (χ1v) is 41.1. The highest BCUT2D eigenvalue weighted by atomic mass is 15.0. The van der Waals surface area contributed by atoms with Crippen molar-refractivity contribution in [3.05, 3.63) is 486 Å². The summed E-state index contributed by atoms with van der Waals surface area (Å²) >= 11 is 0. The van der Waals surface area contributed by atoms with Crippen LogP contribution in [-0.4, -0.2) is 34.5 Å². The number of hydrogen-bond donors (Lipinski definition) is 0. The van der Waals surface area contributed by atoms with Crippen molar-refractivity contribution in [3.8, 4) is 130 Å². The fraction of sp³-hybridized carbons (Fsp3) is 0.0442. The minimum atomic E-state index is -0.554. The summed E-state index contributed by atoms with van der Waals surface area (Å²) in [6, 6.07) is 155. The molecule has 0 bridgehead atoms. The Morgan fingerprint density at radius 1 is 0.183 bits per heavy atom. The third kappa shape index (κ3) is 11.7. The first kappa shape index (κ1) is 71.1. The minimum Gasteiger partial charge on any atom is -0.309 e. The Kier molecular flexibility index (Phi) is 17.2. The van der Waals surface area contributed by atoms with Gasteiger partial charge in [0.1, 0.15) is 0 Å². The molecule has 23 rings (SSSR count). The van der Waals surface area contributed by atoms with E-state index in [2.05, 4.69) is 376 Å². The molecule has 3 aromatic heterocycles. The van der Waals surface area contributed by atoms with E-state index in [0.29, 0.717) is 34.9 Å². The summed E-state index contributed by atoms with van der Waals surface area (Å²) in [6.45, 7) is 4.72. The molecule has 0 amide bonds. The summed E-state index contributed by atoms with van der Waals surface area (Å²) < 4.78 is 2.45. The smallest absolute Gasteiger partial charge is 0.164 e. The van der Waals surface area contributed by atoms with Crippen molar-refractivity contribution >= 4 is 21.8 Å². The molecule has 0 N–H and O–H groups in total. The van der Waals surface area contributed by atoms with Crippen LogP contribution < -0.4 is 0 Å². The van der Waals surface area contributed by atoms with E-state index >= 15 is 0 Å². The highest BCUT2D eigenvalue weighted by Gasteiger charge is 2.49. The van der Waals surface area contributed by atoms with E-state index in [4.69, 9.17) is 29.9 Å². The number of benzene rings is 17. The van der Waals surface area contributed by atoms with Crippen LogP contribution in [0.25, 0.3) is 151 Å². The van der Waals surface area contributed by atoms with Crippen molar-refractivity contribution in [1.82, 2.24) is 34.5 Å². The van der Waals surface area contributed by atoms with Gasteiger partial charge in [-0.2, -0.15) is 0 Å². The molecule has 120 heavy (non-hydrogen) atoms. The lowest BCUT2D eigenvalue weighted by atomic mass is 9.66. The van der Waals surface area contributed by atoms with Crippen molar-refractivity contribution in [3.63, 3.8) is 0 Å². The van der Waals surface area contributed by atoms with Crippen LogP contribution in [0.5, 0.6) is 0 Å². The number of nitrogens with zero attached hydrogens (tertiary/aromatic N) is 7. The first-order chi connectivity index (χ1) is 59.2. The van der Waals surface area contributed by atoms with Crippen LogP contribution in [0, 0.1) is 0 Å². The topological polar surface area (TPSA) is 82.3 Å². The highest BCUT2D eigenvalue weighted by Crippen LogP contribution is 2.60. The van der Waals surface area contributed by atoms with Gasteiger partial charge in [0.25, 0.3) is 0 Å². The molecule has 7 heteroatoms. The van der Waals surface area contributed by atoms with Crippen LogP contribution in [0.2, 0.25) is 0 Å². The maximum atomic E-state index is 5.15. The van der Waals surface area contributed by atoms with Gasteiger partial charge in [0.05, 0.1) is 21.9 Å². The zero-order valence-electron chi connectivity index (χ0n) is 66.1. The van der Waals surface area contributed by atoms with Gasteiger partial charge in [-0.3, -0.25) is 0 Å². The predicted molar refractivity (Wildman–Crippen MR) is 490 cm³/mol. The molecule has 0 saturated heterocycles. The molecule has 0 atom stereocenters. The Balaban J connectivity index is 0.000000149. The fourth-order valence-corrected chi connectivity index (χ4v) is 19.4. The molecule has 0 fully saturated rings. The molecule has 0 radical (unpaired) electrons. The van der Waals surface area contributed by atoms with E-state index in [1.54, 1.807) is 0 Å². The lowest BCUT2D eigenvalue weighted by Gasteiger charge is -2.35. The van der Waals surface area contributed by atoms with Crippen molar-refractivity contribution in [2.45, 2.75) is 30.1 Å². The average molecular weight is 1530 g/mol. The quantitative estimate of drug-likeness (QED) is 0.114. The summed E-state index contributed by atoms with van der Waals surface area (Å²) in [5.74, 6) is 3.90. The monoisotopic (exact) mass is 1530 g/mol. The van der Waals surface area contributed by atoms with Gasteiger partial charge < -0.3 is 4.57 Å². The zero-order chi connectivity index (χ0) is 79.9. The second kappa shape index (κ2) is 29.1. The van der Waals surface area contributed by atoms with Crippen LogP contribution in [0.3, 0.4) is 0 Å². The van der Waals surface area contributed by atoms with E-state index in [1.807, 2.05) is 72.8 Å². The number of aromatic nitrogens is 7. The molecule has 3 aliphatic rings. The molecule has 3 aliphatic carbocycles. The molecule has 0 aliphatic heterocycles. The highest BCUT2D eigenvalue weighted by molar-refractivity contribution is 6.11. The van der Waals surface area contributed by atoms with Crippen LogP contribution in [0.15, 0.2) is 431 Å². The average Bonchev–Trinajstić information content (AvgIpc) is 1.53. The Morgan fingerprint density at radius 3 is 0.983 bits per heavy atom. The second-order valence-electron chi connectivity index (χ2n) is 31.9.